The first-order valence-corrected chi connectivity index (χ1v) is 11.0. The maximum absolute atomic E-state index is 13.5. The zero-order valence-electron chi connectivity index (χ0n) is 16.6. The second kappa shape index (κ2) is 8.01. The standard InChI is InChI=1S/C21H20F3N3O3S/c1-27-11-9-16(13-27)30-18-12-15(7-8-17(18)21(22,23)24)26-31(28,29)19-6-2-4-14-5-3-10-25-20(14)19/h2-8,10,12,16,26H,9,11,13H2,1H3. The Morgan fingerprint density at radius 3 is 2.65 bits per heavy atom. The summed E-state index contributed by atoms with van der Waals surface area (Å²) < 4.78 is 74.3. The Balaban J connectivity index is 1.68. The molecule has 31 heavy (non-hydrogen) atoms. The van der Waals surface area contributed by atoms with Crippen LogP contribution in [0, 0.1) is 0 Å². The molecule has 1 fully saturated rings. The molecule has 1 aromatic heterocycles. The predicted octanol–water partition coefficient (Wildman–Crippen LogP) is 4.14. The van der Waals surface area contributed by atoms with E-state index in [2.05, 4.69) is 9.71 Å². The molecule has 1 aliphatic rings. The minimum Gasteiger partial charge on any atom is -0.488 e. The van der Waals surface area contributed by atoms with Crippen LogP contribution in [-0.4, -0.2) is 44.5 Å². The van der Waals surface area contributed by atoms with Gasteiger partial charge in [0.2, 0.25) is 0 Å². The third-order valence-electron chi connectivity index (χ3n) is 5.07. The number of rotatable bonds is 5. The highest BCUT2D eigenvalue weighted by Crippen LogP contribution is 2.39. The number of pyridine rings is 1. The van der Waals surface area contributed by atoms with Gasteiger partial charge >= 0.3 is 6.18 Å². The first-order chi connectivity index (χ1) is 14.6. The molecule has 164 valence electrons. The number of halogens is 3. The highest BCUT2D eigenvalue weighted by Gasteiger charge is 2.36. The van der Waals surface area contributed by atoms with Gasteiger partial charge in [-0.15, -0.1) is 0 Å². The summed E-state index contributed by atoms with van der Waals surface area (Å²) in [6.45, 7) is 1.21. The molecule has 0 saturated carbocycles. The van der Waals surface area contributed by atoms with Gasteiger partial charge in [0.15, 0.2) is 0 Å². The van der Waals surface area contributed by atoms with Gasteiger partial charge in [0.1, 0.15) is 16.7 Å². The number of hydrogen-bond donors (Lipinski definition) is 1. The molecule has 2 heterocycles. The van der Waals surface area contributed by atoms with Gasteiger partial charge in [-0.3, -0.25) is 9.71 Å². The number of aromatic nitrogens is 1. The number of benzene rings is 2. The summed E-state index contributed by atoms with van der Waals surface area (Å²) in [5.41, 5.74) is -0.700. The number of para-hydroxylation sites is 1. The lowest BCUT2D eigenvalue weighted by molar-refractivity contribution is -0.139. The molecule has 0 aliphatic carbocycles. The van der Waals surface area contributed by atoms with Crippen LogP contribution in [0.3, 0.4) is 0 Å². The molecule has 0 amide bonds. The van der Waals surface area contributed by atoms with Gasteiger partial charge in [0.05, 0.1) is 16.8 Å². The van der Waals surface area contributed by atoms with E-state index in [9.17, 15) is 21.6 Å². The highest BCUT2D eigenvalue weighted by atomic mass is 32.2. The maximum Gasteiger partial charge on any atom is 0.419 e. The van der Waals surface area contributed by atoms with E-state index < -0.39 is 33.6 Å². The molecule has 0 radical (unpaired) electrons. The van der Waals surface area contributed by atoms with Crippen molar-refractivity contribution in [3.05, 3.63) is 60.3 Å². The molecule has 2 aromatic carbocycles. The molecule has 1 aliphatic heterocycles. The normalized spacial score (nSPS) is 17.7. The quantitative estimate of drug-likeness (QED) is 0.632. The average Bonchev–Trinajstić information content (AvgIpc) is 3.11. The number of alkyl halides is 3. The van der Waals surface area contributed by atoms with Crippen LogP contribution in [0.15, 0.2) is 59.6 Å². The van der Waals surface area contributed by atoms with E-state index in [4.69, 9.17) is 4.74 Å². The molecule has 10 heteroatoms. The lowest BCUT2D eigenvalue weighted by Crippen LogP contribution is -2.23. The Morgan fingerprint density at radius 1 is 1.16 bits per heavy atom. The second-order valence-electron chi connectivity index (χ2n) is 7.44. The summed E-state index contributed by atoms with van der Waals surface area (Å²) in [5.74, 6) is -0.399. The molecule has 1 N–H and O–H groups in total. The first-order valence-electron chi connectivity index (χ1n) is 9.56. The molecule has 0 spiro atoms. The highest BCUT2D eigenvalue weighted by molar-refractivity contribution is 7.93. The molecule has 4 rings (SSSR count). The topological polar surface area (TPSA) is 71.5 Å². The third kappa shape index (κ3) is 4.59. The van der Waals surface area contributed by atoms with Crippen LogP contribution in [0.5, 0.6) is 5.75 Å². The Hall–Kier alpha value is -2.85. The van der Waals surface area contributed by atoms with E-state index in [-0.39, 0.29) is 16.1 Å². The van der Waals surface area contributed by atoms with E-state index in [0.717, 1.165) is 18.2 Å². The molecule has 1 unspecified atom stereocenters. The van der Waals surface area contributed by atoms with E-state index in [0.29, 0.717) is 24.9 Å². The van der Waals surface area contributed by atoms with Crippen molar-refractivity contribution in [2.75, 3.05) is 24.9 Å². The number of likely N-dealkylation sites (N-methyl/N-ethyl adjacent to an activating group) is 1. The van der Waals surface area contributed by atoms with E-state index >= 15 is 0 Å². The molecule has 6 nitrogen and oxygen atoms in total. The number of anilines is 1. The van der Waals surface area contributed by atoms with Gasteiger partial charge < -0.3 is 9.64 Å². The van der Waals surface area contributed by atoms with Gasteiger partial charge in [0.25, 0.3) is 10.0 Å². The Labute approximate surface area is 177 Å². The third-order valence-corrected chi connectivity index (χ3v) is 6.48. The van der Waals surface area contributed by atoms with Crippen molar-refractivity contribution < 1.29 is 26.3 Å². The van der Waals surface area contributed by atoms with Gasteiger partial charge in [-0.2, -0.15) is 13.2 Å². The minimum absolute atomic E-state index is 0.0257. The number of nitrogens with one attached hydrogen (secondary N) is 1. The molecular weight excluding hydrogens is 431 g/mol. The molecule has 1 atom stereocenters. The fourth-order valence-corrected chi connectivity index (χ4v) is 4.82. The van der Waals surface area contributed by atoms with Crippen LogP contribution in [0.2, 0.25) is 0 Å². The Bertz CT molecular complexity index is 1210. The first kappa shape index (κ1) is 21.4. The monoisotopic (exact) mass is 451 g/mol. The fourth-order valence-electron chi connectivity index (χ4n) is 3.59. The largest absolute Gasteiger partial charge is 0.488 e. The van der Waals surface area contributed by atoms with Crippen molar-refractivity contribution >= 4 is 26.6 Å². The second-order valence-corrected chi connectivity index (χ2v) is 9.09. The minimum atomic E-state index is -4.63. The lowest BCUT2D eigenvalue weighted by atomic mass is 10.1. The van der Waals surface area contributed by atoms with Gasteiger partial charge in [-0.05, 0) is 37.7 Å². The number of fused-ring (bicyclic) bond motifs is 1. The number of nitrogens with zero attached hydrogens (tertiary/aromatic N) is 2. The van der Waals surface area contributed by atoms with Crippen LogP contribution in [0.4, 0.5) is 18.9 Å². The van der Waals surface area contributed by atoms with Crippen LogP contribution in [0.1, 0.15) is 12.0 Å². The van der Waals surface area contributed by atoms with Crippen molar-refractivity contribution in [1.82, 2.24) is 9.88 Å². The average molecular weight is 451 g/mol. The van der Waals surface area contributed by atoms with Gasteiger partial charge in [-0.1, -0.05) is 18.2 Å². The summed E-state index contributed by atoms with van der Waals surface area (Å²) in [6, 6.07) is 11.1. The van der Waals surface area contributed by atoms with Crippen LogP contribution >= 0.6 is 0 Å². The van der Waals surface area contributed by atoms with Crippen molar-refractivity contribution in [1.29, 1.82) is 0 Å². The SMILES string of the molecule is CN1CCC(Oc2cc(NS(=O)(=O)c3cccc4cccnc34)ccc2C(F)(F)F)C1. The van der Waals surface area contributed by atoms with Crippen molar-refractivity contribution in [3.63, 3.8) is 0 Å². The maximum atomic E-state index is 13.5. The summed E-state index contributed by atoms with van der Waals surface area (Å²) in [6.07, 6.45) is -2.97. The number of hydrogen-bond acceptors (Lipinski definition) is 5. The van der Waals surface area contributed by atoms with Crippen molar-refractivity contribution in [2.24, 2.45) is 0 Å². The summed E-state index contributed by atoms with van der Waals surface area (Å²) in [5, 5.41) is 0.632. The van der Waals surface area contributed by atoms with Crippen molar-refractivity contribution in [3.8, 4) is 5.75 Å². The lowest BCUT2D eigenvalue weighted by Gasteiger charge is -2.19. The summed E-state index contributed by atoms with van der Waals surface area (Å²) in [7, 11) is -2.24. The Kier molecular flexibility index (Phi) is 5.52. The van der Waals surface area contributed by atoms with Gasteiger partial charge in [0, 0.05) is 30.7 Å². The number of sulfonamides is 1. The molecule has 1 saturated heterocycles. The van der Waals surface area contributed by atoms with Gasteiger partial charge in [-0.25, -0.2) is 8.42 Å². The Morgan fingerprint density at radius 2 is 1.94 bits per heavy atom. The van der Waals surface area contributed by atoms with E-state index in [1.54, 1.807) is 24.3 Å². The zero-order valence-corrected chi connectivity index (χ0v) is 17.4. The molecule has 3 aromatic rings. The molecular formula is C21H20F3N3O3S. The molecule has 0 bridgehead atoms. The van der Waals surface area contributed by atoms with Crippen LogP contribution in [0.25, 0.3) is 10.9 Å². The fraction of sp³-hybridized carbons (Fsp3) is 0.286. The zero-order chi connectivity index (χ0) is 22.2. The van der Waals surface area contributed by atoms with Crippen LogP contribution < -0.4 is 9.46 Å². The summed E-state index contributed by atoms with van der Waals surface area (Å²) >= 11 is 0. The van der Waals surface area contributed by atoms with Crippen LogP contribution in [-0.2, 0) is 16.2 Å². The summed E-state index contributed by atoms with van der Waals surface area (Å²) in [4.78, 5) is 6.02. The predicted molar refractivity (Wildman–Crippen MR) is 111 cm³/mol. The van der Waals surface area contributed by atoms with E-state index in [1.807, 2.05) is 11.9 Å². The smallest absolute Gasteiger partial charge is 0.419 e. The number of likely N-dealkylation sites (tertiary alicyclic amines) is 1. The van der Waals surface area contributed by atoms with Crippen molar-refractivity contribution in [2.45, 2.75) is 23.6 Å². The number of ether oxygens (including phenoxy) is 1. The van der Waals surface area contributed by atoms with E-state index in [1.165, 1.54) is 12.3 Å².